The van der Waals surface area contributed by atoms with Gasteiger partial charge in [0.25, 0.3) is 5.91 Å². The molecule has 1 aliphatic rings. The van der Waals surface area contributed by atoms with Crippen LogP contribution in [0, 0.1) is 0 Å². The Hall–Kier alpha value is -2.01. The van der Waals surface area contributed by atoms with Crippen LogP contribution in [0.25, 0.3) is 6.08 Å². The fraction of sp³-hybridized carbons (Fsp3) is 0. The highest BCUT2D eigenvalue weighted by atomic mass is 16.6. The monoisotopic (exact) mass is 192 g/mol. The molecule has 1 aromatic rings. The van der Waals surface area contributed by atoms with Crippen LogP contribution in [-0.4, -0.2) is 11.1 Å². The SMILES string of the molecule is O=C(NO)C1=Cc2ccccc2ON1. The Bertz CT molecular complexity index is 401. The summed E-state index contributed by atoms with van der Waals surface area (Å²) in [7, 11) is 0. The van der Waals surface area contributed by atoms with E-state index in [1.54, 1.807) is 18.2 Å². The second-order valence-electron chi connectivity index (χ2n) is 2.74. The molecule has 2 rings (SSSR count). The molecule has 0 unspecified atom stereocenters. The fourth-order valence-electron chi connectivity index (χ4n) is 1.16. The van der Waals surface area contributed by atoms with Crippen molar-refractivity contribution in [2.75, 3.05) is 0 Å². The van der Waals surface area contributed by atoms with E-state index >= 15 is 0 Å². The van der Waals surface area contributed by atoms with E-state index in [1.165, 1.54) is 5.48 Å². The van der Waals surface area contributed by atoms with Gasteiger partial charge in [0.2, 0.25) is 0 Å². The highest BCUT2D eigenvalue weighted by Gasteiger charge is 2.15. The third kappa shape index (κ3) is 1.40. The lowest BCUT2D eigenvalue weighted by atomic mass is 10.1. The van der Waals surface area contributed by atoms with E-state index in [0.717, 1.165) is 5.56 Å². The van der Waals surface area contributed by atoms with Crippen molar-refractivity contribution in [1.82, 2.24) is 11.0 Å². The van der Waals surface area contributed by atoms with E-state index in [1.807, 2.05) is 12.1 Å². The molecule has 3 N–H and O–H groups in total. The second kappa shape index (κ2) is 3.39. The van der Waals surface area contributed by atoms with Crippen LogP contribution < -0.4 is 15.8 Å². The van der Waals surface area contributed by atoms with Crippen molar-refractivity contribution in [2.24, 2.45) is 0 Å². The van der Waals surface area contributed by atoms with Crippen LogP contribution in [-0.2, 0) is 4.79 Å². The van der Waals surface area contributed by atoms with Gasteiger partial charge < -0.3 is 4.84 Å². The van der Waals surface area contributed by atoms with Crippen LogP contribution in [0.15, 0.2) is 30.0 Å². The molecule has 0 bridgehead atoms. The molecule has 0 spiro atoms. The average molecular weight is 192 g/mol. The van der Waals surface area contributed by atoms with Crippen molar-refractivity contribution in [3.8, 4) is 5.75 Å². The maximum absolute atomic E-state index is 11.0. The molecular weight excluding hydrogens is 184 g/mol. The van der Waals surface area contributed by atoms with Crippen molar-refractivity contribution in [2.45, 2.75) is 0 Å². The normalized spacial score (nSPS) is 13.1. The van der Waals surface area contributed by atoms with Crippen LogP contribution >= 0.6 is 0 Å². The summed E-state index contributed by atoms with van der Waals surface area (Å²) in [6, 6.07) is 7.23. The summed E-state index contributed by atoms with van der Waals surface area (Å²) < 4.78 is 0. The van der Waals surface area contributed by atoms with E-state index in [0.29, 0.717) is 5.75 Å². The molecule has 14 heavy (non-hydrogen) atoms. The van der Waals surface area contributed by atoms with Crippen LogP contribution in [0.3, 0.4) is 0 Å². The summed E-state index contributed by atoms with van der Waals surface area (Å²) in [4.78, 5) is 16.1. The van der Waals surface area contributed by atoms with Crippen LogP contribution in [0.1, 0.15) is 5.56 Å². The maximum atomic E-state index is 11.0. The number of benzene rings is 1. The molecule has 1 aliphatic heterocycles. The Balaban J connectivity index is 2.36. The zero-order valence-electron chi connectivity index (χ0n) is 7.15. The van der Waals surface area contributed by atoms with Crippen molar-refractivity contribution >= 4 is 12.0 Å². The fourth-order valence-corrected chi connectivity index (χ4v) is 1.16. The first-order valence-corrected chi connectivity index (χ1v) is 3.99. The van der Waals surface area contributed by atoms with E-state index in [-0.39, 0.29) is 5.70 Å². The quantitative estimate of drug-likeness (QED) is 0.445. The number of carbonyl (C=O) groups is 1. The van der Waals surface area contributed by atoms with Gasteiger partial charge in [-0.15, -0.1) is 0 Å². The molecular formula is C9H8N2O3. The maximum Gasteiger partial charge on any atom is 0.294 e. The lowest BCUT2D eigenvalue weighted by Crippen LogP contribution is -2.33. The molecule has 0 atom stereocenters. The van der Waals surface area contributed by atoms with Gasteiger partial charge >= 0.3 is 0 Å². The summed E-state index contributed by atoms with van der Waals surface area (Å²) in [6.07, 6.45) is 1.59. The van der Waals surface area contributed by atoms with Crippen LogP contribution in [0.2, 0.25) is 0 Å². The van der Waals surface area contributed by atoms with E-state index in [4.69, 9.17) is 10.0 Å². The number of rotatable bonds is 1. The predicted octanol–water partition coefficient (Wildman–Crippen LogP) is 0.430. The van der Waals surface area contributed by atoms with Gasteiger partial charge in [-0.2, -0.15) is 0 Å². The lowest BCUT2D eigenvalue weighted by molar-refractivity contribution is -0.126. The van der Waals surface area contributed by atoms with Gasteiger partial charge in [-0.25, -0.2) is 11.0 Å². The molecule has 0 radical (unpaired) electrons. The number of hydroxylamine groups is 2. The molecule has 72 valence electrons. The zero-order valence-corrected chi connectivity index (χ0v) is 7.15. The number of carbonyl (C=O) groups excluding carboxylic acids is 1. The van der Waals surface area contributed by atoms with Crippen molar-refractivity contribution < 1.29 is 14.8 Å². The summed E-state index contributed by atoms with van der Waals surface area (Å²) in [6.45, 7) is 0. The van der Waals surface area contributed by atoms with Gasteiger partial charge in [0, 0.05) is 5.56 Å². The van der Waals surface area contributed by atoms with Crippen molar-refractivity contribution in [3.63, 3.8) is 0 Å². The largest absolute Gasteiger partial charge is 0.381 e. The smallest absolute Gasteiger partial charge is 0.294 e. The Morgan fingerprint density at radius 2 is 2.21 bits per heavy atom. The van der Waals surface area contributed by atoms with Gasteiger partial charge in [0.15, 0.2) is 5.75 Å². The zero-order chi connectivity index (χ0) is 9.97. The second-order valence-corrected chi connectivity index (χ2v) is 2.74. The average Bonchev–Trinajstić information content (AvgIpc) is 2.27. The molecule has 0 saturated carbocycles. The van der Waals surface area contributed by atoms with Crippen LogP contribution in [0.4, 0.5) is 0 Å². The molecule has 1 heterocycles. The van der Waals surface area contributed by atoms with Crippen molar-refractivity contribution in [1.29, 1.82) is 0 Å². The van der Waals surface area contributed by atoms with Gasteiger partial charge in [-0.05, 0) is 12.1 Å². The first-order valence-electron chi connectivity index (χ1n) is 3.99. The van der Waals surface area contributed by atoms with Gasteiger partial charge in [-0.1, -0.05) is 18.2 Å². The molecule has 1 amide bonds. The molecule has 0 fully saturated rings. The number of hydrogen-bond donors (Lipinski definition) is 3. The molecule has 0 aliphatic carbocycles. The van der Waals surface area contributed by atoms with E-state index in [9.17, 15) is 4.79 Å². The number of nitrogens with one attached hydrogen (secondary N) is 2. The third-order valence-corrected chi connectivity index (χ3v) is 1.84. The number of fused-ring (bicyclic) bond motifs is 1. The summed E-state index contributed by atoms with van der Waals surface area (Å²) in [5.41, 5.74) is 4.87. The Labute approximate surface area is 79.9 Å². The van der Waals surface area contributed by atoms with Crippen LogP contribution in [0.5, 0.6) is 5.75 Å². The molecule has 5 nitrogen and oxygen atoms in total. The lowest BCUT2D eigenvalue weighted by Gasteiger charge is -2.16. The number of amides is 1. The minimum absolute atomic E-state index is 0.159. The minimum atomic E-state index is -0.639. The Morgan fingerprint density at radius 1 is 1.43 bits per heavy atom. The topological polar surface area (TPSA) is 70.6 Å². The molecule has 0 saturated heterocycles. The Kier molecular flexibility index (Phi) is 2.08. The van der Waals surface area contributed by atoms with Gasteiger partial charge in [0.1, 0.15) is 5.70 Å². The summed E-state index contributed by atoms with van der Waals surface area (Å²) in [5.74, 6) is 0.00138. The minimum Gasteiger partial charge on any atom is -0.381 e. The van der Waals surface area contributed by atoms with Gasteiger partial charge in [-0.3, -0.25) is 10.0 Å². The van der Waals surface area contributed by atoms with E-state index in [2.05, 4.69) is 5.48 Å². The highest BCUT2D eigenvalue weighted by molar-refractivity contribution is 5.97. The molecule has 5 heteroatoms. The molecule has 1 aromatic carbocycles. The predicted molar refractivity (Wildman–Crippen MR) is 48.1 cm³/mol. The highest BCUT2D eigenvalue weighted by Crippen LogP contribution is 2.23. The van der Waals surface area contributed by atoms with Crippen molar-refractivity contribution in [3.05, 3.63) is 35.5 Å². The van der Waals surface area contributed by atoms with E-state index < -0.39 is 5.91 Å². The number of hydrogen-bond acceptors (Lipinski definition) is 4. The number of para-hydroxylation sites is 1. The Morgan fingerprint density at radius 3 is 3.00 bits per heavy atom. The summed E-state index contributed by atoms with van der Waals surface area (Å²) >= 11 is 0. The third-order valence-electron chi connectivity index (χ3n) is 1.84. The first kappa shape index (κ1) is 8.58. The summed E-state index contributed by atoms with van der Waals surface area (Å²) in [5, 5.41) is 8.40. The standard InChI is InChI=1S/C9H8N2O3/c12-9(10-13)7-5-6-3-1-2-4-8(6)14-11-7/h1-5,11,13H,(H,10,12). The first-order chi connectivity index (χ1) is 6.81. The van der Waals surface area contributed by atoms with Gasteiger partial charge in [0.05, 0.1) is 0 Å². The molecule has 0 aromatic heterocycles.